The van der Waals surface area contributed by atoms with Crippen molar-refractivity contribution in [2.75, 3.05) is 13.1 Å². The topological polar surface area (TPSA) is 79.5 Å². The van der Waals surface area contributed by atoms with E-state index in [1.165, 1.54) is 11.3 Å². The zero-order chi connectivity index (χ0) is 11.7. The number of aliphatic hydroxyl groups excluding tert-OH is 1. The summed E-state index contributed by atoms with van der Waals surface area (Å²) < 4.78 is 0. The molecule has 1 aromatic heterocycles. The summed E-state index contributed by atoms with van der Waals surface area (Å²) >= 11 is 1.40. The molecule has 1 fully saturated rings. The number of carbonyl (C=O) groups is 1. The van der Waals surface area contributed by atoms with E-state index in [1.807, 2.05) is 6.92 Å². The van der Waals surface area contributed by atoms with Gasteiger partial charge < -0.3 is 15.7 Å². The second-order valence-corrected chi connectivity index (χ2v) is 4.94. The van der Waals surface area contributed by atoms with Gasteiger partial charge in [-0.25, -0.2) is 4.98 Å². The van der Waals surface area contributed by atoms with Crippen molar-refractivity contribution < 1.29 is 9.90 Å². The lowest BCUT2D eigenvalue weighted by Crippen LogP contribution is -2.29. The fraction of sp³-hybridized carbons (Fsp3) is 0.600. The van der Waals surface area contributed by atoms with Gasteiger partial charge in [0.05, 0.1) is 12.1 Å². The first-order valence-electron chi connectivity index (χ1n) is 5.26. The number of hydrogen-bond acceptors (Lipinski definition) is 5. The standard InChI is InChI=1S/C10H15N3O2S/c1-6(11)9-12-8(5-16-9)10(15)13-3-2-7(14)4-13/h5-7,14H,2-4,11H2,1H3. The van der Waals surface area contributed by atoms with Crippen LogP contribution in [-0.4, -0.2) is 40.1 Å². The van der Waals surface area contributed by atoms with E-state index in [0.717, 1.165) is 5.01 Å². The normalized spacial score (nSPS) is 22.4. The number of aromatic nitrogens is 1. The van der Waals surface area contributed by atoms with E-state index < -0.39 is 6.10 Å². The molecule has 88 valence electrons. The van der Waals surface area contributed by atoms with Crippen molar-refractivity contribution in [1.82, 2.24) is 9.88 Å². The molecule has 2 heterocycles. The van der Waals surface area contributed by atoms with Crippen LogP contribution in [0.1, 0.15) is 34.9 Å². The van der Waals surface area contributed by atoms with Gasteiger partial charge >= 0.3 is 0 Å². The number of hydrogen-bond donors (Lipinski definition) is 2. The third-order valence-electron chi connectivity index (χ3n) is 2.58. The number of β-amino-alcohol motifs (C(OH)–C–C–N with tert-alkyl or cyclic N) is 1. The summed E-state index contributed by atoms with van der Waals surface area (Å²) in [5.41, 5.74) is 6.12. The van der Waals surface area contributed by atoms with E-state index >= 15 is 0 Å². The summed E-state index contributed by atoms with van der Waals surface area (Å²) in [7, 11) is 0. The number of nitrogens with zero attached hydrogens (tertiary/aromatic N) is 2. The predicted octanol–water partition coefficient (Wildman–Crippen LogP) is 0.370. The Bertz CT molecular complexity index is 391. The van der Waals surface area contributed by atoms with Gasteiger partial charge in [0.2, 0.25) is 0 Å². The van der Waals surface area contributed by atoms with Gasteiger partial charge in [0, 0.05) is 18.5 Å². The Morgan fingerprint density at radius 1 is 1.81 bits per heavy atom. The molecule has 2 atom stereocenters. The zero-order valence-electron chi connectivity index (χ0n) is 9.09. The van der Waals surface area contributed by atoms with Crippen LogP contribution in [0.4, 0.5) is 0 Å². The number of nitrogens with two attached hydrogens (primary N) is 1. The highest BCUT2D eigenvalue weighted by atomic mass is 32.1. The third kappa shape index (κ3) is 2.23. The number of rotatable bonds is 2. The van der Waals surface area contributed by atoms with Gasteiger partial charge in [-0.1, -0.05) is 0 Å². The second kappa shape index (κ2) is 4.48. The maximum Gasteiger partial charge on any atom is 0.273 e. The monoisotopic (exact) mass is 241 g/mol. The smallest absolute Gasteiger partial charge is 0.273 e. The molecule has 1 aliphatic rings. The summed E-state index contributed by atoms with van der Waals surface area (Å²) in [5.74, 6) is -0.111. The Morgan fingerprint density at radius 3 is 3.06 bits per heavy atom. The minimum Gasteiger partial charge on any atom is -0.391 e. The van der Waals surface area contributed by atoms with Crippen molar-refractivity contribution in [3.05, 3.63) is 16.1 Å². The summed E-state index contributed by atoms with van der Waals surface area (Å²) in [6.07, 6.45) is 0.256. The molecule has 0 aliphatic carbocycles. The van der Waals surface area contributed by atoms with Gasteiger partial charge in [0.1, 0.15) is 10.7 Å². The molecule has 2 unspecified atom stereocenters. The van der Waals surface area contributed by atoms with Crippen LogP contribution >= 0.6 is 11.3 Å². The molecule has 1 amide bonds. The van der Waals surface area contributed by atoms with Crippen LogP contribution in [0.15, 0.2) is 5.38 Å². The fourth-order valence-electron chi connectivity index (χ4n) is 1.68. The van der Waals surface area contributed by atoms with Crippen molar-refractivity contribution in [2.24, 2.45) is 5.73 Å². The lowest BCUT2D eigenvalue weighted by Gasteiger charge is -2.13. The highest BCUT2D eigenvalue weighted by Gasteiger charge is 2.26. The summed E-state index contributed by atoms with van der Waals surface area (Å²) in [4.78, 5) is 17.8. The number of aliphatic hydroxyl groups is 1. The third-order valence-corrected chi connectivity index (χ3v) is 3.63. The van der Waals surface area contributed by atoms with E-state index in [0.29, 0.717) is 25.2 Å². The maximum atomic E-state index is 11.9. The lowest BCUT2D eigenvalue weighted by atomic mass is 10.3. The van der Waals surface area contributed by atoms with Crippen LogP contribution in [-0.2, 0) is 0 Å². The van der Waals surface area contributed by atoms with Crippen molar-refractivity contribution in [1.29, 1.82) is 0 Å². The largest absolute Gasteiger partial charge is 0.391 e. The molecule has 0 aromatic carbocycles. The number of carbonyl (C=O) groups excluding carboxylic acids is 1. The molecule has 0 spiro atoms. The Morgan fingerprint density at radius 2 is 2.56 bits per heavy atom. The van der Waals surface area contributed by atoms with E-state index in [2.05, 4.69) is 4.98 Å². The molecular weight excluding hydrogens is 226 g/mol. The Hall–Kier alpha value is -0.980. The van der Waals surface area contributed by atoms with E-state index in [9.17, 15) is 9.90 Å². The lowest BCUT2D eigenvalue weighted by molar-refractivity contribution is 0.0760. The van der Waals surface area contributed by atoms with Crippen LogP contribution < -0.4 is 5.73 Å². The molecular formula is C10H15N3O2S. The quantitative estimate of drug-likeness (QED) is 0.784. The SMILES string of the molecule is CC(N)c1nc(C(=O)N2CCC(O)C2)cs1. The van der Waals surface area contributed by atoms with Crippen LogP contribution in [0, 0.1) is 0 Å². The van der Waals surface area contributed by atoms with Crippen molar-refractivity contribution in [3.63, 3.8) is 0 Å². The molecule has 6 heteroatoms. The maximum absolute atomic E-state index is 11.9. The molecule has 16 heavy (non-hydrogen) atoms. The molecule has 0 radical (unpaired) electrons. The molecule has 0 bridgehead atoms. The molecule has 1 aromatic rings. The molecule has 1 saturated heterocycles. The van der Waals surface area contributed by atoms with Crippen molar-refractivity contribution in [2.45, 2.75) is 25.5 Å². The van der Waals surface area contributed by atoms with Crippen LogP contribution in [0.25, 0.3) is 0 Å². The highest BCUT2D eigenvalue weighted by molar-refractivity contribution is 7.09. The minimum atomic E-state index is -0.393. The van der Waals surface area contributed by atoms with E-state index in [-0.39, 0.29) is 11.9 Å². The summed E-state index contributed by atoms with van der Waals surface area (Å²) in [6, 6.07) is -0.143. The first kappa shape index (κ1) is 11.5. The average Bonchev–Trinajstić information content (AvgIpc) is 2.84. The van der Waals surface area contributed by atoms with Crippen LogP contribution in [0.2, 0.25) is 0 Å². The molecule has 5 nitrogen and oxygen atoms in total. The van der Waals surface area contributed by atoms with Gasteiger partial charge in [-0.3, -0.25) is 4.79 Å². The number of amides is 1. The van der Waals surface area contributed by atoms with Gasteiger partial charge in [-0.2, -0.15) is 0 Å². The van der Waals surface area contributed by atoms with Gasteiger partial charge in [-0.05, 0) is 13.3 Å². The van der Waals surface area contributed by atoms with Gasteiger partial charge in [0.15, 0.2) is 0 Å². The second-order valence-electron chi connectivity index (χ2n) is 4.05. The Labute approximate surface area is 97.9 Å². The Kier molecular flexibility index (Phi) is 3.22. The van der Waals surface area contributed by atoms with Gasteiger partial charge in [0.25, 0.3) is 5.91 Å². The summed E-state index contributed by atoms with van der Waals surface area (Å²) in [6.45, 7) is 2.85. The number of likely N-dealkylation sites (tertiary alicyclic amines) is 1. The fourth-order valence-corrected chi connectivity index (χ4v) is 2.43. The van der Waals surface area contributed by atoms with Crippen molar-refractivity contribution >= 4 is 17.2 Å². The molecule has 1 aliphatic heterocycles. The first-order chi connectivity index (χ1) is 7.58. The molecule has 2 rings (SSSR count). The van der Waals surface area contributed by atoms with E-state index in [4.69, 9.17) is 5.73 Å². The summed E-state index contributed by atoms with van der Waals surface area (Å²) in [5, 5.41) is 11.9. The zero-order valence-corrected chi connectivity index (χ0v) is 9.91. The van der Waals surface area contributed by atoms with Crippen LogP contribution in [0.5, 0.6) is 0 Å². The van der Waals surface area contributed by atoms with Gasteiger partial charge in [-0.15, -0.1) is 11.3 Å². The highest BCUT2D eigenvalue weighted by Crippen LogP contribution is 2.19. The number of thiazole rings is 1. The van der Waals surface area contributed by atoms with Crippen molar-refractivity contribution in [3.8, 4) is 0 Å². The first-order valence-corrected chi connectivity index (χ1v) is 6.14. The minimum absolute atomic E-state index is 0.111. The molecule has 3 N–H and O–H groups in total. The van der Waals surface area contributed by atoms with Crippen LogP contribution in [0.3, 0.4) is 0 Å². The molecule has 0 saturated carbocycles. The Balaban J connectivity index is 2.09. The predicted molar refractivity (Wildman–Crippen MR) is 61.2 cm³/mol. The average molecular weight is 241 g/mol. The van der Waals surface area contributed by atoms with E-state index in [1.54, 1.807) is 10.3 Å².